The average molecular weight is 291 g/mol. The largest absolute Gasteiger partial charge is 0.481 e. The lowest BCUT2D eigenvalue weighted by Crippen LogP contribution is -2.30. The zero-order chi connectivity index (χ0) is 15.6. The molecule has 0 radical (unpaired) electrons. The number of carboxylic acids is 1. The highest BCUT2D eigenvalue weighted by Gasteiger charge is 2.41. The highest BCUT2D eigenvalue weighted by molar-refractivity contribution is 5.95. The summed E-state index contributed by atoms with van der Waals surface area (Å²) < 4.78 is 0. The summed E-state index contributed by atoms with van der Waals surface area (Å²) in [5.41, 5.74) is 0.592. The Hall–Kier alpha value is -2.11. The molecule has 0 aliphatic heterocycles. The van der Waals surface area contributed by atoms with E-state index in [-0.39, 0.29) is 11.8 Å². The summed E-state index contributed by atoms with van der Waals surface area (Å²) >= 11 is 0. The van der Waals surface area contributed by atoms with Gasteiger partial charge in [-0.1, -0.05) is 6.92 Å². The zero-order valence-corrected chi connectivity index (χ0v) is 12.5. The van der Waals surface area contributed by atoms with Crippen molar-refractivity contribution in [2.45, 2.75) is 19.8 Å². The normalized spacial score (nSPS) is 24.6. The van der Waals surface area contributed by atoms with Crippen LogP contribution in [0.15, 0.2) is 18.3 Å². The van der Waals surface area contributed by atoms with Crippen LogP contribution in [0.1, 0.15) is 19.8 Å². The lowest BCUT2D eigenvalue weighted by Gasteiger charge is -2.16. The molecule has 114 valence electrons. The van der Waals surface area contributed by atoms with Gasteiger partial charge in [0.2, 0.25) is 5.91 Å². The molecule has 0 saturated heterocycles. The van der Waals surface area contributed by atoms with Gasteiger partial charge in [-0.05, 0) is 30.9 Å². The number of aliphatic carboxylic acids is 1. The molecule has 0 spiro atoms. The Morgan fingerprint density at radius 3 is 2.48 bits per heavy atom. The Labute approximate surface area is 124 Å². The number of nitrogens with one attached hydrogen (secondary N) is 1. The van der Waals surface area contributed by atoms with Crippen LogP contribution in [0.5, 0.6) is 0 Å². The quantitative estimate of drug-likeness (QED) is 0.884. The van der Waals surface area contributed by atoms with Crippen LogP contribution in [0.25, 0.3) is 0 Å². The van der Waals surface area contributed by atoms with Crippen molar-refractivity contribution in [2.24, 2.45) is 17.8 Å². The standard InChI is InChI=1S/C15H21N3O3/c1-9-6-11(12(7-9)15(20)21)14(19)17-10-4-5-13(16-8-10)18(2)3/h4-5,8-9,11-12H,6-7H2,1-3H3,(H,17,19)(H,20,21). The number of nitrogens with zero attached hydrogens (tertiary/aromatic N) is 2. The Bertz CT molecular complexity index is 527. The van der Waals surface area contributed by atoms with Gasteiger partial charge in [0.05, 0.1) is 23.7 Å². The van der Waals surface area contributed by atoms with Gasteiger partial charge < -0.3 is 15.3 Å². The molecule has 1 fully saturated rings. The van der Waals surface area contributed by atoms with Crippen molar-refractivity contribution in [3.63, 3.8) is 0 Å². The monoisotopic (exact) mass is 291 g/mol. The predicted octanol–water partition coefficient (Wildman–Crippen LogP) is 1.83. The Morgan fingerprint density at radius 1 is 1.29 bits per heavy atom. The Kier molecular flexibility index (Phi) is 4.45. The number of hydrogen-bond acceptors (Lipinski definition) is 4. The number of amides is 1. The first kappa shape index (κ1) is 15.3. The molecule has 1 aliphatic rings. The van der Waals surface area contributed by atoms with E-state index in [9.17, 15) is 14.7 Å². The van der Waals surface area contributed by atoms with E-state index in [1.165, 1.54) is 0 Å². The third-order valence-corrected chi connectivity index (χ3v) is 3.93. The number of aromatic nitrogens is 1. The maximum Gasteiger partial charge on any atom is 0.307 e. The fourth-order valence-electron chi connectivity index (χ4n) is 2.81. The molecule has 2 rings (SSSR count). The van der Waals surface area contributed by atoms with Crippen molar-refractivity contribution in [1.82, 2.24) is 4.98 Å². The van der Waals surface area contributed by atoms with Gasteiger partial charge in [-0.25, -0.2) is 4.98 Å². The van der Waals surface area contributed by atoms with Crippen LogP contribution in [0.3, 0.4) is 0 Å². The third-order valence-electron chi connectivity index (χ3n) is 3.93. The lowest BCUT2D eigenvalue weighted by atomic mass is 9.95. The highest BCUT2D eigenvalue weighted by Crippen LogP contribution is 2.37. The zero-order valence-electron chi connectivity index (χ0n) is 12.5. The minimum absolute atomic E-state index is 0.230. The summed E-state index contributed by atoms with van der Waals surface area (Å²) in [5.74, 6) is -1.12. The SMILES string of the molecule is CC1CC(C(=O)O)C(C(=O)Nc2ccc(N(C)C)nc2)C1. The topological polar surface area (TPSA) is 82.5 Å². The van der Waals surface area contributed by atoms with Gasteiger partial charge in [-0.15, -0.1) is 0 Å². The second kappa shape index (κ2) is 6.11. The number of anilines is 2. The van der Waals surface area contributed by atoms with Gasteiger partial charge in [0.15, 0.2) is 0 Å². The van der Waals surface area contributed by atoms with E-state index in [1.54, 1.807) is 12.3 Å². The van der Waals surface area contributed by atoms with Crippen molar-refractivity contribution in [1.29, 1.82) is 0 Å². The molecular weight excluding hydrogens is 270 g/mol. The molecule has 0 bridgehead atoms. The fraction of sp³-hybridized carbons (Fsp3) is 0.533. The molecule has 3 unspecified atom stereocenters. The molecule has 1 aromatic heterocycles. The van der Waals surface area contributed by atoms with Gasteiger partial charge in [0.1, 0.15) is 5.82 Å². The number of hydrogen-bond donors (Lipinski definition) is 2. The first-order chi connectivity index (χ1) is 9.88. The van der Waals surface area contributed by atoms with Crippen LogP contribution >= 0.6 is 0 Å². The summed E-state index contributed by atoms with van der Waals surface area (Å²) in [5, 5.41) is 12.0. The van der Waals surface area contributed by atoms with Crippen LogP contribution in [-0.2, 0) is 9.59 Å². The van der Waals surface area contributed by atoms with Gasteiger partial charge in [0.25, 0.3) is 0 Å². The third kappa shape index (κ3) is 3.51. The van der Waals surface area contributed by atoms with Crippen molar-refractivity contribution in [3.05, 3.63) is 18.3 Å². The van der Waals surface area contributed by atoms with Crippen molar-refractivity contribution in [3.8, 4) is 0 Å². The first-order valence-corrected chi connectivity index (χ1v) is 7.05. The van der Waals surface area contributed by atoms with E-state index in [4.69, 9.17) is 0 Å². The van der Waals surface area contributed by atoms with E-state index < -0.39 is 17.8 Å². The van der Waals surface area contributed by atoms with Crippen LogP contribution in [0.4, 0.5) is 11.5 Å². The lowest BCUT2D eigenvalue weighted by molar-refractivity contribution is -0.145. The van der Waals surface area contributed by atoms with Gasteiger partial charge >= 0.3 is 5.97 Å². The number of carboxylic acid groups (broad SMARTS) is 1. The van der Waals surface area contributed by atoms with Crippen LogP contribution in [-0.4, -0.2) is 36.1 Å². The minimum atomic E-state index is -0.888. The molecule has 21 heavy (non-hydrogen) atoms. The summed E-state index contributed by atoms with van der Waals surface area (Å²) in [6, 6.07) is 3.58. The molecule has 1 aromatic rings. The van der Waals surface area contributed by atoms with Crippen LogP contribution in [0.2, 0.25) is 0 Å². The number of rotatable bonds is 4. The summed E-state index contributed by atoms with van der Waals surface area (Å²) in [4.78, 5) is 29.6. The molecule has 6 nitrogen and oxygen atoms in total. The molecule has 1 heterocycles. The van der Waals surface area contributed by atoms with Crippen molar-refractivity contribution >= 4 is 23.4 Å². The first-order valence-electron chi connectivity index (χ1n) is 7.05. The molecule has 1 saturated carbocycles. The molecule has 6 heteroatoms. The molecule has 0 aromatic carbocycles. The Balaban J connectivity index is 2.05. The minimum Gasteiger partial charge on any atom is -0.481 e. The molecule has 2 N–H and O–H groups in total. The maximum atomic E-state index is 12.3. The van der Waals surface area contributed by atoms with Gasteiger partial charge in [-0.2, -0.15) is 0 Å². The second-order valence-corrected chi connectivity index (χ2v) is 5.92. The van der Waals surface area contributed by atoms with E-state index in [1.807, 2.05) is 32.0 Å². The number of carbonyl (C=O) groups is 2. The second-order valence-electron chi connectivity index (χ2n) is 5.92. The summed E-state index contributed by atoms with van der Waals surface area (Å²) in [6.45, 7) is 1.98. The summed E-state index contributed by atoms with van der Waals surface area (Å²) in [6.07, 6.45) is 2.76. The molecule has 1 amide bonds. The predicted molar refractivity (Wildman–Crippen MR) is 80.2 cm³/mol. The number of pyridine rings is 1. The number of carbonyl (C=O) groups excluding carboxylic acids is 1. The highest BCUT2D eigenvalue weighted by atomic mass is 16.4. The molecule has 1 aliphatic carbocycles. The van der Waals surface area contributed by atoms with E-state index in [2.05, 4.69) is 10.3 Å². The van der Waals surface area contributed by atoms with Gasteiger partial charge in [-0.3, -0.25) is 9.59 Å². The van der Waals surface area contributed by atoms with Crippen LogP contribution in [0, 0.1) is 17.8 Å². The van der Waals surface area contributed by atoms with Crippen molar-refractivity contribution < 1.29 is 14.7 Å². The van der Waals surface area contributed by atoms with E-state index in [0.717, 1.165) is 5.82 Å². The maximum absolute atomic E-state index is 12.3. The summed E-state index contributed by atoms with van der Waals surface area (Å²) in [7, 11) is 3.77. The molecular formula is C15H21N3O3. The van der Waals surface area contributed by atoms with Gasteiger partial charge in [0, 0.05) is 14.1 Å². The van der Waals surface area contributed by atoms with Crippen LogP contribution < -0.4 is 10.2 Å². The van der Waals surface area contributed by atoms with E-state index >= 15 is 0 Å². The molecule has 3 atom stereocenters. The smallest absolute Gasteiger partial charge is 0.307 e. The Morgan fingerprint density at radius 2 is 1.95 bits per heavy atom. The van der Waals surface area contributed by atoms with Crippen molar-refractivity contribution in [2.75, 3.05) is 24.3 Å². The fourth-order valence-corrected chi connectivity index (χ4v) is 2.81. The van der Waals surface area contributed by atoms with E-state index in [0.29, 0.717) is 18.5 Å². The average Bonchev–Trinajstić information content (AvgIpc) is 2.82.